The number of nitrogens with zero attached hydrogens (tertiary/aromatic N) is 4. The molecule has 2 aliphatic rings. The monoisotopic (exact) mass is 512 g/mol. The minimum Gasteiger partial charge on any atom is -0.383 e. The maximum absolute atomic E-state index is 13.9. The van der Waals surface area contributed by atoms with Crippen LogP contribution in [0.25, 0.3) is 11.0 Å². The Morgan fingerprint density at radius 3 is 2.74 bits per heavy atom. The molecule has 1 aliphatic heterocycles. The predicted octanol–water partition coefficient (Wildman–Crippen LogP) is 3.24. The van der Waals surface area contributed by atoms with Gasteiger partial charge >= 0.3 is 0 Å². The van der Waals surface area contributed by atoms with Gasteiger partial charge < -0.3 is 25.3 Å². The number of benzene rings is 1. The van der Waals surface area contributed by atoms with Crippen molar-refractivity contribution in [3.05, 3.63) is 66.1 Å². The molecule has 0 radical (unpaired) electrons. The summed E-state index contributed by atoms with van der Waals surface area (Å²) in [6.07, 6.45) is 5.41. The molecule has 9 nitrogen and oxygen atoms in total. The SMILES string of the molecule is C=CC(=O)N1C[C@H](n2c(C#CC3CC3)c(C(=O)N[C@H](C)c3ccccc3)c3c(N)ncnc32)C[C@@H]1COC. The highest BCUT2D eigenvalue weighted by Gasteiger charge is 2.38. The highest BCUT2D eigenvalue weighted by Crippen LogP contribution is 2.37. The second-order valence-electron chi connectivity index (χ2n) is 9.89. The highest BCUT2D eigenvalue weighted by molar-refractivity contribution is 6.12. The number of ether oxygens (including phenoxy) is 1. The molecule has 2 amide bonds. The number of fused-ring (bicyclic) bond motifs is 1. The van der Waals surface area contributed by atoms with Gasteiger partial charge in [-0.1, -0.05) is 42.8 Å². The van der Waals surface area contributed by atoms with Gasteiger partial charge in [0.05, 0.1) is 35.7 Å². The fourth-order valence-corrected chi connectivity index (χ4v) is 5.16. The molecule has 1 saturated carbocycles. The Morgan fingerprint density at radius 1 is 1.29 bits per heavy atom. The van der Waals surface area contributed by atoms with Crippen LogP contribution in [0.3, 0.4) is 0 Å². The van der Waals surface area contributed by atoms with Gasteiger partial charge in [-0.15, -0.1) is 0 Å². The van der Waals surface area contributed by atoms with Crippen LogP contribution < -0.4 is 11.1 Å². The quantitative estimate of drug-likeness (QED) is 0.371. The van der Waals surface area contributed by atoms with Gasteiger partial charge in [0.2, 0.25) is 5.91 Å². The number of nitrogens with one attached hydrogen (secondary N) is 1. The molecule has 38 heavy (non-hydrogen) atoms. The summed E-state index contributed by atoms with van der Waals surface area (Å²) < 4.78 is 7.39. The van der Waals surface area contributed by atoms with Crippen molar-refractivity contribution in [2.75, 3.05) is 26.0 Å². The zero-order chi connectivity index (χ0) is 26.8. The number of carbonyl (C=O) groups is 2. The first kappa shape index (κ1) is 25.5. The van der Waals surface area contributed by atoms with E-state index in [2.05, 4.69) is 33.7 Å². The number of hydrogen-bond donors (Lipinski definition) is 2. The van der Waals surface area contributed by atoms with E-state index in [0.29, 0.717) is 47.8 Å². The van der Waals surface area contributed by atoms with Crippen LogP contribution in [-0.2, 0) is 9.53 Å². The maximum atomic E-state index is 13.9. The topological polar surface area (TPSA) is 115 Å². The minimum absolute atomic E-state index is 0.147. The van der Waals surface area contributed by atoms with E-state index in [1.165, 1.54) is 12.4 Å². The number of carbonyl (C=O) groups excluding carboxylic acids is 2. The molecule has 3 heterocycles. The molecule has 0 spiro atoms. The standard InChI is InChI=1S/C29H32N6O3/c1-4-24(36)34-15-21(14-22(34)16-38-3)35-23(13-12-19-10-11-19)25(26-27(30)31-17-32-28(26)35)29(37)33-18(2)20-8-6-5-7-9-20/h4-9,17-19,21-22H,1,10-11,14-16H2,2-3H3,(H,33,37)(H2,30,31,32)/t18-,21-,22-/m1/s1. The van der Waals surface area contributed by atoms with Gasteiger partial charge in [0.15, 0.2) is 0 Å². The van der Waals surface area contributed by atoms with Crippen molar-refractivity contribution >= 4 is 28.7 Å². The molecule has 0 unspecified atom stereocenters. The minimum atomic E-state index is -0.294. The summed E-state index contributed by atoms with van der Waals surface area (Å²) in [6, 6.07) is 9.19. The van der Waals surface area contributed by atoms with Crippen LogP contribution in [0.15, 0.2) is 49.3 Å². The molecule has 2 aromatic heterocycles. The summed E-state index contributed by atoms with van der Waals surface area (Å²) in [6.45, 7) is 6.39. The Balaban J connectivity index is 1.63. The van der Waals surface area contributed by atoms with Gasteiger partial charge in [0.25, 0.3) is 5.91 Å². The third-order valence-corrected chi connectivity index (χ3v) is 7.23. The van der Waals surface area contributed by atoms with Crippen molar-refractivity contribution in [2.24, 2.45) is 5.92 Å². The summed E-state index contributed by atoms with van der Waals surface area (Å²) in [5.41, 5.74) is 8.80. The zero-order valence-corrected chi connectivity index (χ0v) is 21.7. The number of likely N-dealkylation sites (tertiary alicyclic amines) is 1. The van der Waals surface area contributed by atoms with Crippen molar-refractivity contribution in [3.63, 3.8) is 0 Å². The van der Waals surface area contributed by atoms with Crippen LogP contribution >= 0.6 is 0 Å². The fraction of sp³-hybridized carbons (Fsp3) is 0.379. The lowest BCUT2D eigenvalue weighted by Crippen LogP contribution is -2.37. The van der Waals surface area contributed by atoms with Gasteiger partial charge in [0, 0.05) is 19.6 Å². The van der Waals surface area contributed by atoms with Gasteiger partial charge in [-0.3, -0.25) is 9.59 Å². The third-order valence-electron chi connectivity index (χ3n) is 7.23. The second kappa shape index (κ2) is 10.7. The van der Waals surface area contributed by atoms with Crippen molar-refractivity contribution in [3.8, 4) is 11.8 Å². The van der Waals surface area contributed by atoms with Crippen molar-refractivity contribution in [2.45, 2.75) is 44.3 Å². The maximum Gasteiger partial charge on any atom is 0.255 e. The van der Waals surface area contributed by atoms with Crippen LogP contribution in [0.1, 0.15) is 59.9 Å². The molecule has 9 heteroatoms. The fourth-order valence-electron chi connectivity index (χ4n) is 5.16. The van der Waals surface area contributed by atoms with Crippen molar-refractivity contribution < 1.29 is 14.3 Å². The Morgan fingerprint density at radius 2 is 2.05 bits per heavy atom. The van der Waals surface area contributed by atoms with Gasteiger partial charge in [-0.2, -0.15) is 0 Å². The lowest BCUT2D eigenvalue weighted by atomic mass is 10.1. The van der Waals surface area contributed by atoms with E-state index in [4.69, 9.17) is 10.5 Å². The Kier molecular flexibility index (Phi) is 7.16. The van der Waals surface area contributed by atoms with Crippen LogP contribution in [-0.4, -0.2) is 57.6 Å². The lowest BCUT2D eigenvalue weighted by molar-refractivity contribution is -0.127. The summed E-state index contributed by atoms with van der Waals surface area (Å²) in [7, 11) is 1.62. The molecule has 2 fully saturated rings. The van der Waals surface area contributed by atoms with E-state index < -0.39 is 0 Å². The van der Waals surface area contributed by atoms with Crippen LogP contribution in [0, 0.1) is 17.8 Å². The molecule has 3 atom stereocenters. The second-order valence-corrected chi connectivity index (χ2v) is 9.89. The number of nitrogens with two attached hydrogens (primary N) is 1. The van der Waals surface area contributed by atoms with E-state index in [1.807, 2.05) is 41.8 Å². The summed E-state index contributed by atoms with van der Waals surface area (Å²) >= 11 is 0. The number of aromatic nitrogens is 3. The van der Waals surface area contributed by atoms with Crippen molar-refractivity contribution in [1.29, 1.82) is 0 Å². The average molecular weight is 513 g/mol. The van der Waals surface area contributed by atoms with Gasteiger partial charge in [0.1, 0.15) is 23.5 Å². The molecular formula is C29H32N6O3. The number of nitrogen functional groups attached to an aromatic ring is 1. The molecule has 3 aromatic rings. The molecule has 0 bridgehead atoms. The summed E-state index contributed by atoms with van der Waals surface area (Å²) in [5.74, 6) is 6.69. The molecule has 1 aromatic carbocycles. The first-order valence-corrected chi connectivity index (χ1v) is 12.9. The molecule has 3 N–H and O–H groups in total. The van der Waals surface area contributed by atoms with Crippen LogP contribution in [0.5, 0.6) is 0 Å². The van der Waals surface area contributed by atoms with Crippen LogP contribution in [0.2, 0.25) is 0 Å². The number of hydrogen-bond acceptors (Lipinski definition) is 6. The molecule has 1 saturated heterocycles. The molecular weight excluding hydrogens is 480 g/mol. The first-order valence-electron chi connectivity index (χ1n) is 12.9. The van der Waals surface area contributed by atoms with E-state index in [9.17, 15) is 9.59 Å². The van der Waals surface area contributed by atoms with Crippen molar-refractivity contribution in [1.82, 2.24) is 24.8 Å². The Hall–Kier alpha value is -4.16. The Labute approximate surface area is 222 Å². The normalized spacial score (nSPS) is 19.6. The molecule has 1 aliphatic carbocycles. The predicted molar refractivity (Wildman–Crippen MR) is 145 cm³/mol. The lowest BCUT2D eigenvalue weighted by Gasteiger charge is -2.22. The van der Waals surface area contributed by atoms with Gasteiger partial charge in [-0.05, 0) is 43.7 Å². The highest BCUT2D eigenvalue weighted by atomic mass is 16.5. The van der Waals surface area contributed by atoms with E-state index in [-0.39, 0.29) is 35.8 Å². The number of anilines is 1. The molecule has 196 valence electrons. The van der Waals surface area contributed by atoms with Gasteiger partial charge in [-0.25, -0.2) is 9.97 Å². The molecule has 5 rings (SSSR count). The smallest absolute Gasteiger partial charge is 0.255 e. The third kappa shape index (κ3) is 4.87. The number of methoxy groups -OCH3 is 1. The average Bonchev–Trinajstić information content (AvgIpc) is 3.57. The number of amides is 2. The largest absolute Gasteiger partial charge is 0.383 e. The number of rotatable bonds is 7. The summed E-state index contributed by atoms with van der Waals surface area (Å²) in [5, 5.41) is 3.59. The first-order chi connectivity index (χ1) is 18.4. The Bertz CT molecular complexity index is 1430. The summed E-state index contributed by atoms with van der Waals surface area (Å²) in [4.78, 5) is 37.1. The van der Waals surface area contributed by atoms with E-state index in [1.54, 1.807) is 12.0 Å². The van der Waals surface area contributed by atoms with Crippen LogP contribution in [0.4, 0.5) is 5.82 Å². The van der Waals surface area contributed by atoms with E-state index in [0.717, 1.165) is 18.4 Å². The zero-order valence-electron chi connectivity index (χ0n) is 21.7. The van der Waals surface area contributed by atoms with E-state index >= 15 is 0 Å².